The lowest BCUT2D eigenvalue weighted by Gasteiger charge is -2.16. The number of guanidine groups is 1. The highest BCUT2D eigenvalue weighted by atomic mass is 35.5. The Labute approximate surface area is 144 Å². The lowest BCUT2D eigenvalue weighted by molar-refractivity contribution is -0.102. The molecule has 0 spiro atoms. The van der Waals surface area contributed by atoms with Crippen molar-refractivity contribution in [1.29, 1.82) is 0 Å². The first-order valence-electron chi connectivity index (χ1n) is 6.42. The van der Waals surface area contributed by atoms with Crippen LogP contribution >= 0.6 is 35.6 Å². The summed E-state index contributed by atoms with van der Waals surface area (Å²) in [4.78, 5) is 10.2. The second-order valence-corrected chi connectivity index (χ2v) is 5.25. The first kappa shape index (κ1) is 17.0. The van der Waals surface area contributed by atoms with E-state index in [1.807, 2.05) is 6.07 Å². The minimum Gasteiger partial charge on any atom is -0.472 e. The smallest absolute Gasteiger partial charge is 0.223 e. The Hall–Kier alpha value is -1.40. The van der Waals surface area contributed by atoms with Crippen LogP contribution in [0.3, 0.4) is 0 Å². The van der Waals surface area contributed by atoms with Gasteiger partial charge in [0.25, 0.3) is 0 Å². The van der Waals surface area contributed by atoms with Crippen molar-refractivity contribution in [1.82, 2.24) is 10.4 Å². The molecule has 118 valence electrons. The van der Waals surface area contributed by atoms with Gasteiger partial charge in [-0.1, -0.05) is 29.3 Å². The van der Waals surface area contributed by atoms with Crippen LogP contribution in [0.1, 0.15) is 5.56 Å². The summed E-state index contributed by atoms with van der Waals surface area (Å²) in [6.45, 7) is 1.85. The summed E-state index contributed by atoms with van der Waals surface area (Å²) in [7, 11) is 0. The first-order valence-corrected chi connectivity index (χ1v) is 7.18. The van der Waals surface area contributed by atoms with Gasteiger partial charge in [-0.25, -0.2) is 10.1 Å². The van der Waals surface area contributed by atoms with Crippen LogP contribution in [0.5, 0.6) is 0 Å². The van der Waals surface area contributed by atoms with E-state index in [0.29, 0.717) is 34.8 Å². The molecule has 3 rings (SSSR count). The second-order valence-electron chi connectivity index (χ2n) is 4.44. The van der Waals surface area contributed by atoms with Gasteiger partial charge in [0.15, 0.2) is 0 Å². The van der Waals surface area contributed by atoms with Gasteiger partial charge in [0.1, 0.15) is 12.3 Å². The van der Waals surface area contributed by atoms with E-state index in [0.717, 1.165) is 12.1 Å². The van der Waals surface area contributed by atoms with Crippen LogP contribution in [0.25, 0.3) is 0 Å². The van der Waals surface area contributed by atoms with E-state index >= 15 is 0 Å². The predicted octanol–water partition coefficient (Wildman–Crippen LogP) is 4.03. The number of nitrogens with zero attached hydrogens (tertiary/aromatic N) is 2. The van der Waals surface area contributed by atoms with E-state index in [1.165, 1.54) is 0 Å². The number of rotatable bonds is 4. The number of hydrogen-bond donors (Lipinski definition) is 1. The quantitative estimate of drug-likeness (QED) is 0.892. The highest BCUT2D eigenvalue weighted by Gasteiger charge is 2.20. The Morgan fingerprint density at radius 1 is 1.27 bits per heavy atom. The number of aliphatic imine (C=N–C) groups is 1. The zero-order valence-electron chi connectivity index (χ0n) is 11.5. The number of hydroxylamine groups is 2. The molecule has 1 aromatic carbocycles. The molecule has 0 atom stereocenters. The summed E-state index contributed by atoms with van der Waals surface area (Å²) < 4.78 is 5.00. The first-order chi connectivity index (χ1) is 10.2. The largest absolute Gasteiger partial charge is 0.472 e. The normalized spacial score (nSPS) is 15.7. The molecule has 1 aliphatic heterocycles. The minimum absolute atomic E-state index is 0. The van der Waals surface area contributed by atoms with Crippen molar-refractivity contribution >= 4 is 47.3 Å². The van der Waals surface area contributed by atoms with Gasteiger partial charge in [-0.05, 0) is 18.2 Å². The Morgan fingerprint density at radius 2 is 2.05 bits per heavy atom. The molecule has 1 aromatic heterocycles. The zero-order valence-corrected chi connectivity index (χ0v) is 13.8. The number of nitrogens with one attached hydrogen (secondary N) is 1. The molecule has 0 radical (unpaired) electrons. The van der Waals surface area contributed by atoms with Crippen LogP contribution in [-0.2, 0) is 11.4 Å². The van der Waals surface area contributed by atoms with Crippen molar-refractivity contribution in [2.45, 2.75) is 6.61 Å². The average molecular weight is 363 g/mol. The van der Waals surface area contributed by atoms with Crippen LogP contribution in [-0.4, -0.2) is 24.1 Å². The van der Waals surface area contributed by atoms with Gasteiger partial charge in [-0.3, -0.25) is 4.84 Å². The fourth-order valence-corrected chi connectivity index (χ4v) is 2.40. The lowest BCUT2D eigenvalue weighted by Crippen LogP contribution is -2.29. The maximum atomic E-state index is 6.12. The summed E-state index contributed by atoms with van der Waals surface area (Å²) in [5, 5.41) is 5.83. The van der Waals surface area contributed by atoms with Crippen LogP contribution < -0.4 is 5.32 Å². The standard InChI is InChI=1S/C14H13Cl2N3O2.ClH/c15-11-2-1-3-12(16)13(11)18-14-17-5-6-19(14)21-9-10-4-7-20-8-10;/h1-4,7-8H,5-6,9H2,(H,17,18);1H. The number of benzene rings is 1. The number of para-hydroxylation sites is 1. The van der Waals surface area contributed by atoms with E-state index in [2.05, 4.69) is 10.3 Å². The van der Waals surface area contributed by atoms with Crippen molar-refractivity contribution in [3.8, 4) is 0 Å². The van der Waals surface area contributed by atoms with Gasteiger partial charge in [-0.2, -0.15) is 0 Å². The Morgan fingerprint density at radius 3 is 2.73 bits per heavy atom. The zero-order chi connectivity index (χ0) is 14.7. The Kier molecular flexibility index (Phi) is 5.97. The molecule has 1 saturated heterocycles. The molecule has 1 fully saturated rings. The summed E-state index contributed by atoms with van der Waals surface area (Å²) >= 11 is 12.2. The third kappa shape index (κ3) is 3.87. The van der Waals surface area contributed by atoms with E-state index in [-0.39, 0.29) is 12.4 Å². The van der Waals surface area contributed by atoms with Gasteiger partial charge in [0, 0.05) is 12.1 Å². The van der Waals surface area contributed by atoms with Crippen molar-refractivity contribution in [3.63, 3.8) is 0 Å². The molecule has 1 aliphatic rings. The molecule has 8 heteroatoms. The highest BCUT2D eigenvalue weighted by molar-refractivity contribution is 6.38. The van der Waals surface area contributed by atoms with E-state index in [9.17, 15) is 0 Å². The summed E-state index contributed by atoms with van der Waals surface area (Å²) in [6.07, 6.45) is 3.25. The third-order valence-corrected chi connectivity index (χ3v) is 3.57. The predicted molar refractivity (Wildman–Crippen MR) is 89.0 cm³/mol. The molecule has 0 amide bonds. The summed E-state index contributed by atoms with van der Waals surface area (Å²) in [5.41, 5.74) is 1.49. The molecular weight excluding hydrogens is 349 g/mol. The van der Waals surface area contributed by atoms with Crippen molar-refractivity contribution in [2.75, 3.05) is 13.1 Å². The molecule has 1 N–H and O–H groups in total. The summed E-state index contributed by atoms with van der Waals surface area (Å²) in [6, 6.07) is 7.13. The number of halogens is 3. The Balaban J connectivity index is 0.00000176. The topological polar surface area (TPSA) is 50.0 Å². The summed E-state index contributed by atoms with van der Waals surface area (Å²) in [5.74, 6) is 0.591. The molecule has 22 heavy (non-hydrogen) atoms. The monoisotopic (exact) mass is 361 g/mol. The maximum absolute atomic E-state index is 6.12. The van der Waals surface area contributed by atoms with Gasteiger partial charge < -0.3 is 9.73 Å². The number of hydrogen-bond acceptors (Lipinski definition) is 3. The van der Waals surface area contributed by atoms with Crippen LogP contribution in [0.4, 0.5) is 5.69 Å². The van der Waals surface area contributed by atoms with Gasteiger partial charge >= 0.3 is 0 Å². The van der Waals surface area contributed by atoms with E-state index < -0.39 is 0 Å². The molecular formula is C14H14Cl3N3O2. The van der Waals surface area contributed by atoms with Gasteiger partial charge in [-0.15, -0.1) is 12.4 Å². The fourth-order valence-electron chi connectivity index (χ4n) is 1.91. The van der Waals surface area contributed by atoms with Crippen LogP contribution in [0.2, 0.25) is 10.0 Å². The second kappa shape index (κ2) is 7.74. The van der Waals surface area contributed by atoms with Crippen LogP contribution in [0.15, 0.2) is 46.2 Å². The van der Waals surface area contributed by atoms with Crippen molar-refractivity contribution < 1.29 is 9.25 Å². The van der Waals surface area contributed by atoms with E-state index in [4.69, 9.17) is 32.5 Å². The van der Waals surface area contributed by atoms with Crippen molar-refractivity contribution in [2.24, 2.45) is 4.99 Å². The molecule has 0 unspecified atom stereocenters. The molecule has 0 bridgehead atoms. The molecule has 0 aliphatic carbocycles. The van der Waals surface area contributed by atoms with Gasteiger partial charge in [0.2, 0.25) is 5.96 Å². The lowest BCUT2D eigenvalue weighted by atomic mass is 10.3. The average Bonchev–Trinajstić information content (AvgIpc) is 3.12. The third-order valence-electron chi connectivity index (χ3n) is 2.96. The SMILES string of the molecule is Cl.Clc1cccc(Cl)c1/N=C1\NCCN1OCc1ccoc1. The number of furan rings is 1. The molecule has 2 heterocycles. The molecule has 2 aromatic rings. The van der Waals surface area contributed by atoms with Crippen molar-refractivity contribution in [3.05, 3.63) is 52.4 Å². The highest BCUT2D eigenvalue weighted by Crippen LogP contribution is 2.33. The van der Waals surface area contributed by atoms with Crippen LogP contribution in [0, 0.1) is 0 Å². The van der Waals surface area contributed by atoms with E-state index in [1.54, 1.807) is 35.8 Å². The fraction of sp³-hybridized carbons (Fsp3) is 0.214. The maximum Gasteiger partial charge on any atom is 0.223 e. The minimum atomic E-state index is 0. The molecule has 5 nitrogen and oxygen atoms in total. The molecule has 0 saturated carbocycles. The Bertz CT molecular complexity index is 627. The van der Waals surface area contributed by atoms with Gasteiger partial charge in [0.05, 0.1) is 29.1 Å².